The van der Waals surface area contributed by atoms with Crippen LogP contribution in [0, 0.1) is 0 Å². The van der Waals surface area contributed by atoms with Crippen LogP contribution in [0.2, 0.25) is 0 Å². The standard InChI is InChI=1S/C18H12N2O5/c1-24-13-7-6-10-16(21)14(25-17(10)15(13)18(22)23)8-12-9-4-2-3-5-11(9)19-20-12/h2-8H,1H3,(H,19,20)(H,22,23). The van der Waals surface area contributed by atoms with Crippen LogP contribution in [-0.2, 0) is 0 Å². The Labute approximate surface area is 141 Å². The van der Waals surface area contributed by atoms with Gasteiger partial charge in [-0.15, -0.1) is 0 Å². The van der Waals surface area contributed by atoms with Crippen LogP contribution in [0.4, 0.5) is 0 Å². The van der Waals surface area contributed by atoms with E-state index in [0.29, 0.717) is 5.69 Å². The Hall–Kier alpha value is -3.61. The lowest BCUT2D eigenvalue weighted by molar-refractivity contribution is 0.0690. The SMILES string of the molecule is COc1ccc2c(c1C(=O)O)OC(=Cc1n[nH]c3ccccc13)C2=O. The van der Waals surface area contributed by atoms with Crippen LogP contribution >= 0.6 is 0 Å². The predicted octanol–water partition coefficient (Wildman–Crippen LogP) is 2.89. The Morgan fingerprint density at radius 1 is 1.28 bits per heavy atom. The topological polar surface area (TPSA) is 102 Å². The highest BCUT2D eigenvalue weighted by Crippen LogP contribution is 2.39. The maximum atomic E-state index is 12.6. The molecule has 0 saturated carbocycles. The minimum absolute atomic E-state index is 0.0112. The van der Waals surface area contributed by atoms with Gasteiger partial charge in [0.05, 0.1) is 23.9 Å². The summed E-state index contributed by atoms with van der Waals surface area (Å²) in [6, 6.07) is 10.4. The van der Waals surface area contributed by atoms with Gasteiger partial charge < -0.3 is 14.6 Å². The van der Waals surface area contributed by atoms with Gasteiger partial charge in [0, 0.05) is 11.5 Å². The van der Waals surface area contributed by atoms with Gasteiger partial charge in [0.1, 0.15) is 11.3 Å². The van der Waals surface area contributed by atoms with Crippen LogP contribution in [0.1, 0.15) is 26.4 Å². The quantitative estimate of drug-likeness (QED) is 0.713. The molecule has 1 aromatic heterocycles. The lowest BCUT2D eigenvalue weighted by Crippen LogP contribution is -2.03. The fraction of sp³-hybridized carbons (Fsp3) is 0.0556. The largest absolute Gasteiger partial charge is 0.496 e. The number of aromatic amines is 1. The van der Waals surface area contributed by atoms with E-state index >= 15 is 0 Å². The van der Waals surface area contributed by atoms with Crippen molar-refractivity contribution >= 4 is 28.7 Å². The second kappa shape index (κ2) is 5.48. The zero-order chi connectivity index (χ0) is 17.6. The average molecular weight is 336 g/mol. The average Bonchev–Trinajstić information content (AvgIpc) is 3.16. The van der Waals surface area contributed by atoms with E-state index in [1.807, 2.05) is 24.3 Å². The number of aromatic carboxylic acids is 1. The molecule has 0 fully saturated rings. The number of carbonyl (C=O) groups is 2. The van der Waals surface area contributed by atoms with Gasteiger partial charge in [0.15, 0.2) is 11.5 Å². The van der Waals surface area contributed by atoms with E-state index in [4.69, 9.17) is 9.47 Å². The molecule has 4 rings (SSSR count). The third-order valence-electron chi connectivity index (χ3n) is 4.00. The van der Waals surface area contributed by atoms with E-state index < -0.39 is 11.8 Å². The van der Waals surface area contributed by atoms with Gasteiger partial charge >= 0.3 is 5.97 Å². The molecule has 2 heterocycles. The Morgan fingerprint density at radius 2 is 2.08 bits per heavy atom. The molecule has 0 radical (unpaired) electrons. The number of hydrogen-bond acceptors (Lipinski definition) is 5. The summed E-state index contributed by atoms with van der Waals surface area (Å²) in [6.45, 7) is 0. The second-order valence-electron chi connectivity index (χ2n) is 5.42. The molecule has 2 N–H and O–H groups in total. The molecule has 124 valence electrons. The number of para-hydroxylation sites is 1. The van der Waals surface area contributed by atoms with Gasteiger partial charge in [-0.2, -0.15) is 5.10 Å². The van der Waals surface area contributed by atoms with Crippen molar-refractivity contribution in [2.24, 2.45) is 0 Å². The minimum Gasteiger partial charge on any atom is -0.496 e. The van der Waals surface area contributed by atoms with Crippen molar-refractivity contribution in [1.29, 1.82) is 0 Å². The van der Waals surface area contributed by atoms with Crippen molar-refractivity contribution in [2.75, 3.05) is 7.11 Å². The number of H-pyrrole nitrogens is 1. The number of benzene rings is 2. The fourth-order valence-corrected chi connectivity index (χ4v) is 2.82. The monoisotopic (exact) mass is 336 g/mol. The summed E-state index contributed by atoms with van der Waals surface area (Å²) >= 11 is 0. The van der Waals surface area contributed by atoms with Crippen LogP contribution in [0.3, 0.4) is 0 Å². The minimum atomic E-state index is -1.23. The molecule has 25 heavy (non-hydrogen) atoms. The summed E-state index contributed by atoms with van der Waals surface area (Å²) < 4.78 is 10.6. The van der Waals surface area contributed by atoms with Crippen molar-refractivity contribution in [3.63, 3.8) is 0 Å². The van der Waals surface area contributed by atoms with Crippen LogP contribution in [0.25, 0.3) is 17.0 Å². The Morgan fingerprint density at radius 3 is 2.84 bits per heavy atom. The predicted molar refractivity (Wildman–Crippen MR) is 89.0 cm³/mol. The number of Topliss-reactive ketones (excluding diaryl/α,β-unsaturated/α-hetero) is 1. The summed E-state index contributed by atoms with van der Waals surface area (Å²) in [6.07, 6.45) is 1.50. The first kappa shape index (κ1) is 14.9. The van der Waals surface area contributed by atoms with E-state index in [2.05, 4.69) is 10.2 Å². The summed E-state index contributed by atoms with van der Waals surface area (Å²) in [7, 11) is 1.36. The zero-order valence-electron chi connectivity index (χ0n) is 13.1. The molecule has 0 bridgehead atoms. The number of fused-ring (bicyclic) bond motifs is 2. The molecule has 0 spiro atoms. The number of aromatic nitrogens is 2. The third kappa shape index (κ3) is 2.25. The van der Waals surface area contributed by atoms with E-state index in [-0.39, 0.29) is 28.4 Å². The normalized spacial score (nSPS) is 14.6. The lowest BCUT2D eigenvalue weighted by Gasteiger charge is -2.08. The van der Waals surface area contributed by atoms with Gasteiger partial charge in [-0.3, -0.25) is 9.89 Å². The van der Waals surface area contributed by atoms with Gasteiger partial charge in [-0.25, -0.2) is 4.79 Å². The molecular formula is C18H12N2O5. The molecule has 3 aromatic rings. The fourth-order valence-electron chi connectivity index (χ4n) is 2.82. The molecule has 0 amide bonds. The smallest absolute Gasteiger partial charge is 0.343 e. The molecule has 7 heteroatoms. The molecule has 0 aliphatic carbocycles. The highest BCUT2D eigenvalue weighted by atomic mass is 16.5. The second-order valence-corrected chi connectivity index (χ2v) is 5.42. The summed E-state index contributed by atoms with van der Waals surface area (Å²) in [5.74, 6) is -1.49. The molecule has 2 aromatic carbocycles. The maximum Gasteiger partial charge on any atom is 0.343 e. The zero-order valence-corrected chi connectivity index (χ0v) is 13.1. The summed E-state index contributed by atoms with van der Waals surface area (Å²) in [4.78, 5) is 24.1. The maximum absolute atomic E-state index is 12.6. The van der Waals surface area contributed by atoms with Crippen molar-refractivity contribution in [2.45, 2.75) is 0 Å². The van der Waals surface area contributed by atoms with Crippen molar-refractivity contribution in [3.8, 4) is 11.5 Å². The van der Waals surface area contributed by atoms with E-state index in [1.54, 1.807) is 0 Å². The molecule has 0 unspecified atom stereocenters. The van der Waals surface area contributed by atoms with Gasteiger partial charge in [-0.05, 0) is 18.2 Å². The number of nitrogens with one attached hydrogen (secondary N) is 1. The highest BCUT2D eigenvalue weighted by Gasteiger charge is 2.34. The number of carbonyl (C=O) groups excluding carboxylic acids is 1. The number of hydrogen-bond donors (Lipinski definition) is 2. The summed E-state index contributed by atoms with van der Waals surface area (Å²) in [5, 5.41) is 17.3. The van der Waals surface area contributed by atoms with Crippen molar-refractivity contribution in [1.82, 2.24) is 10.2 Å². The van der Waals surface area contributed by atoms with E-state index in [1.165, 1.54) is 25.3 Å². The number of ether oxygens (including phenoxy) is 2. The highest BCUT2D eigenvalue weighted by molar-refractivity contribution is 6.17. The Kier molecular flexibility index (Phi) is 3.28. The lowest BCUT2D eigenvalue weighted by atomic mass is 10.1. The van der Waals surface area contributed by atoms with Crippen LogP contribution in [-0.4, -0.2) is 34.2 Å². The Balaban J connectivity index is 1.83. The summed E-state index contributed by atoms with van der Waals surface area (Å²) in [5.41, 5.74) is 1.37. The number of carboxylic acids is 1. The van der Waals surface area contributed by atoms with Crippen LogP contribution in [0.5, 0.6) is 11.5 Å². The first-order valence-corrected chi connectivity index (χ1v) is 7.42. The van der Waals surface area contributed by atoms with Crippen molar-refractivity contribution < 1.29 is 24.2 Å². The molecular weight excluding hydrogens is 324 g/mol. The first-order valence-electron chi connectivity index (χ1n) is 7.42. The number of allylic oxidation sites excluding steroid dienone is 1. The van der Waals surface area contributed by atoms with E-state index in [0.717, 1.165) is 10.9 Å². The van der Waals surface area contributed by atoms with Gasteiger partial charge in [0.25, 0.3) is 0 Å². The molecule has 1 aliphatic heterocycles. The van der Waals surface area contributed by atoms with Gasteiger partial charge in [-0.1, -0.05) is 18.2 Å². The van der Waals surface area contributed by atoms with Gasteiger partial charge in [0.2, 0.25) is 5.78 Å². The first-order chi connectivity index (χ1) is 12.1. The van der Waals surface area contributed by atoms with Crippen molar-refractivity contribution in [3.05, 3.63) is 59.0 Å². The number of nitrogens with zero attached hydrogens (tertiary/aromatic N) is 1. The molecule has 1 aliphatic rings. The third-order valence-corrected chi connectivity index (χ3v) is 4.00. The number of methoxy groups -OCH3 is 1. The molecule has 7 nitrogen and oxygen atoms in total. The number of ketones is 1. The Bertz CT molecular complexity index is 1060. The number of carboxylic acid groups (broad SMARTS) is 1. The van der Waals surface area contributed by atoms with Crippen LogP contribution < -0.4 is 9.47 Å². The van der Waals surface area contributed by atoms with Crippen LogP contribution in [0.15, 0.2) is 42.2 Å². The van der Waals surface area contributed by atoms with E-state index in [9.17, 15) is 14.7 Å². The molecule has 0 saturated heterocycles. The molecule has 0 atom stereocenters. The number of rotatable bonds is 3.